The number of hydrogen-bond donors (Lipinski definition) is 2. The van der Waals surface area contributed by atoms with Gasteiger partial charge in [-0.1, -0.05) is 16.8 Å². The molecule has 0 saturated heterocycles. The van der Waals surface area contributed by atoms with E-state index >= 15 is 0 Å². The first kappa shape index (κ1) is 11.7. The molecule has 1 aromatic carbocycles. The van der Waals surface area contributed by atoms with Crippen LogP contribution >= 0.6 is 11.6 Å². The number of nitrogens with one attached hydrogen (secondary N) is 1. The molecule has 2 rings (SSSR count). The van der Waals surface area contributed by atoms with Gasteiger partial charge in [0.25, 0.3) is 0 Å². The third-order valence-electron chi connectivity index (χ3n) is 2.09. The van der Waals surface area contributed by atoms with E-state index in [-0.39, 0.29) is 11.6 Å². The zero-order valence-electron chi connectivity index (χ0n) is 9.00. The highest BCUT2D eigenvalue weighted by Gasteiger charge is 2.08. The van der Waals surface area contributed by atoms with Crippen LogP contribution in [0.5, 0.6) is 0 Å². The van der Waals surface area contributed by atoms with Crippen LogP contribution in [0, 0.1) is 12.7 Å². The number of anilines is 2. The van der Waals surface area contributed by atoms with E-state index in [1.807, 2.05) is 0 Å². The molecule has 0 amide bonds. The van der Waals surface area contributed by atoms with E-state index in [4.69, 9.17) is 21.9 Å². The smallest absolute Gasteiger partial charge is 0.245 e. The molecule has 0 unspecified atom stereocenters. The van der Waals surface area contributed by atoms with Gasteiger partial charge < -0.3 is 15.6 Å². The molecule has 0 aliphatic heterocycles. The standard InChI is InChI=1S/C10H10ClFN4O/c1-5-15-10(17-16-5)4-14-9-3-7(12)6(11)2-8(9)13/h2-3,14H,4,13H2,1H3. The predicted octanol–water partition coefficient (Wildman–Crippen LogP) is 2.36. The van der Waals surface area contributed by atoms with Crippen molar-refractivity contribution >= 4 is 23.0 Å². The Labute approximate surface area is 102 Å². The van der Waals surface area contributed by atoms with Gasteiger partial charge in [-0.3, -0.25) is 0 Å². The molecule has 3 N–H and O–H groups in total. The molecule has 17 heavy (non-hydrogen) atoms. The number of aromatic nitrogens is 2. The summed E-state index contributed by atoms with van der Waals surface area (Å²) in [6, 6.07) is 2.57. The first-order valence-electron chi connectivity index (χ1n) is 4.84. The molecule has 0 spiro atoms. The van der Waals surface area contributed by atoms with Gasteiger partial charge in [0, 0.05) is 6.07 Å². The maximum atomic E-state index is 13.2. The SMILES string of the molecule is Cc1noc(CNc2cc(F)c(Cl)cc2N)n1. The van der Waals surface area contributed by atoms with E-state index in [2.05, 4.69) is 15.5 Å². The Morgan fingerprint density at radius 1 is 1.53 bits per heavy atom. The van der Waals surface area contributed by atoms with Crippen molar-refractivity contribution in [3.8, 4) is 0 Å². The second-order valence-electron chi connectivity index (χ2n) is 3.44. The van der Waals surface area contributed by atoms with E-state index in [0.29, 0.717) is 23.1 Å². The Bertz CT molecular complexity index is 543. The minimum atomic E-state index is -0.537. The van der Waals surface area contributed by atoms with Crippen LogP contribution in [0.3, 0.4) is 0 Å². The molecule has 0 saturated carbocycles. The molecule has 0 radical (unpaired) electrons. The summed E-state index contributed by atoms with van der Waals surface area (Å²) >= 11 is 5.58. The van der Waals surface area contributed by atoms with Gasteiger partial charge in [-0.15, -0.1) is 0 Å². The molecule has 0 bridgehead atoms. The van der Waals surface area contributed by atoms with Crippen LogP contribution < -0.4 is 11.1 Å². The number of nitrogen functional groups attached to an aromatic ring is 1. The van der Waals surface area contributed by atoms with Gasteiger partial charge in [0.1, 0.15) is 5.82 Å². The van der Waals surface area contributed by atoms with E-state index in [1.165, 1.54) is 12.1 Å². The van der Waals surface area contributed by atoms with Gasteiger partial charge in [-0.05, 0) is 13.0 Å². The monoisotopic (exact) mass is 256 g/mol. The number of aryl methyl sites for hydroxylation is 1. The highest BCUT2D eigenvalue weighted by atomic mass is 35.5. The second kappa shape index (κ2) is 4.58. The van der Waals surface area contributed by atoms with E-state index in [9.17, 15) is 4.39 Å². The zero-order chi connectivity index (χ0) is 12.4. The lowest BCUT2D eigenvalue weighted by atomic mass is 10.2. The van der Waals surface area contributed by atoms with Crippen LogP contribution in [0.15, 0.2) is 16.7 Å². The molecule has 0 aliphatic rings. The van der Waals surface area contributed by atoms with Crippen LogP contribution in [-0.4, -0.2) is 10.1 Å². The fourth-order valence-electron chi connectivity index (χ4n) is 1.30. The Kier molecular flexibility index (Phi) is 3.14. The maximum Gasteiger partial charge on any atom is 0.245 e. The van der Waals surface area contributed by atoms with Crippen molar-refractivity contribution < 1.29 is 8.91 Å². The Hall–Kier alpha value is -1.82. The Balaban J connectivity index is 2.11. The summed E-state index contributed by atoms with van der Waals surface area (Å²) in [6.45, 7) is 1.98. The number of halogens is 2. The second-order valence-corrected chi connectivity index (χ2v) is 3.85. The zero-order valence-corrected chi connectivity index (χ0v) is 9.75. The Morgan fingerprint density at radius 3 is 2.94 bits per heavy atom. The van der Waals surface area contributed by atoms with Crippen LogP contribution in [-0.2, 0) is 6.54 Å². The average molecular weight is 257 g/mol. The summed E-state index contributed by atoms with van der Waals surface area (Å²) in [5.74, 6) is 0.402. The summed E-state index contributed by atoms with van der Waals surface area (Å²) in [5.41, 5.74) is 6.47. The minimum absolute atomic E-state index is 0.0123. The molecule has 0 aliphatic carbocycles. The first-order valence-corrected chi connectivity index (χ1v) is 5.21. The fourth-order valence-corrected chi connectivity index (χ4v) is 1.47. The van der Waals surface area contributed by atoms with Crippen molar-refractivity contribution in [3.63, 3.8) is 0 Å². The molecule has 2 aromatic rings. The fraction of sp³-hybridized carbons (Fsp3) is 0.200. The van der Waals surface area contributed by atoms with Crippen molar-refractivity contribution in [2.45, 2.75) is 13.5 Å². The van der Waals surface area contributed by atoms with Gasteiger partial charge in [-0.25, -0.2) is 4.39 Å². The molecule has 0 fully saturated rings. The molecule has 0 atom stereocenters. The summed E-state index contributed by atoms with van der Waals surface area (Å²) in [7, 11) is 0. The van der Waals surface area contributed by atoms with Crippen molar-refractivity contribution in [3.05, 3.63) is 34.7 Å². The summed E-state index contributed by atoms with van der Waals surface area (Å²) < 4.78 is 18.1. The normalized spacial score (nSPS) is 10.5. The van der Waals surface area contributed by atoms with Gasteiger partial charge in [0.15, 0.2) is 5.82 Å². The van der Waals surface area contributed by atoms with Crippen molar-refractivity contribution in [2.24, 2.45) is 0 Å². The number of nitrogens with zero attached hydrogens (tertiary/aromatic N) is 2. The van der Waals surface area contributed by atoms with Crippen molar-refractivity contribution in [1.29, 1.82) is 0 Å². The molecule has 1 aromatic heterocycles. The van der Waals surface area contributed by atoms with Gasteiger partial charge in [0.05, 0.1) is 22.9 Å². The molecular formula is C10H10ClFN4O. The van der Waals surface area contributed by atoms with E-state index in [0.717, 1.165) is 0 Å². The minimum Gasteiger partial charge on any atom is -0.397 e. The summed E-state index contributed by atoms with van der Waals surface area (Å²) in [4.78, 5) is 3.99. The van der Waals surface area contributed by atoms with E-state index < -0.39 is 5.82 Å². The number of hydrogen-bond acceptors (Lipinski definition) is 5. The predicted molar refractivity (Wildman–Crippen MR) is 62.2 cm³/mol. The average Bonchev–Trinajstić information content (AvgIpc) is 2.68. The van der Waals surface area contributed by atoms with Crippen molar-refractivity contribution in [2.75, 3.05) is 11.1 Å². The summed E-state index contributed by atoms with van der Waals surface area (Å²) in [5, 5.41) is 6.51. The highest BCUT2D eigenvalue weighted by molar-refractivity contribution is 6.31. The van der Waals surface area contributed by atoms with Crippen LogP contribution in [0.4, 0.5) is 15.8 Å². The maximum absolute atomic E-state index is 13.2. The Morgan fingerprint density at radius 2 is 2.29 bits per heavy atom. The van der Waals surface area contributed by atoms with Crippen LogP contribution in [0.1, 0.15) is 11.7 Å². The number of nitrogens with two attached hydrogens (primary N) is 1. The highest BCUT2D eigenvalue weighted by Crippen LogP contribution is 2.26. The molecule has 5 nitrogen and oxygen atoms in total. The molecule has 1 heterocycles. The summed E-state index contributed by atoms with van der Waals surface area (Å²) in [6.07, 6.45) is 0. The van der Waals surface area contributed by atoms with Gasteiger partial charge >= 0.3 is 0 Å². The number of benzene rings is 1. The van der Waals surface area contributed by atoms with Crippen LogP contribution in [0.2, 0.25) is 5.02 Å². The van der Waals surface area contributed by atoms with Gasteiger partial charge in [-0.2, -0.15) is 4.98 Å². The molecular weight excluding hydrogens is 247 g/mol. The van der Waals surface area contributed by atoms with Crippen LogP contribution in [0.25, 0.3) is 0 Å². The largest absolute Gasteiger partial charge is 0.397 e. The van der Waals surface area contributed by atoms with E-state index in [1.54, 1.807) is 6.92 Å². The lowest BCUT2D eigenvalue weighted by molar-refractivity contribution is 0.379. The third-order valence-corrected chi connectivity index (χ3v) is 2.38. The topological polar surface area (TPSA) is 77.0 Å². The number of rotatable bonds is 3. The molecule has 90 valence electrons. The van der Waals surface area contributed by atoms with Crippen molar-refractivity contribution in [1.82, 2.24) is 10.1 Å². The quantitative estimate of drug-likeness (QED) is 0.825. The third kappa shape index (κ3) is 2.65. The first-order chi connectivity index (χ1) is 8.06. The van der Waals surface area contributed by atoms with Gasteiger partial charge in [0.2, 0.25) is 5.89 Å². The lowest BCUT2D eigenvalue weighted by Gasteiger charge is -2.08. The lowest BCUT2D eigenvalue weighted by Crippen LogP contribution is -2.03. The molecule has 7 heteroatoms.